The summed E-state index contributed by atoms with van der Waals surface area (Å²) in [7, 11) is 0. The number of hydrogen-bond acceptors (Lipinski definition) is 2. The van der Waals surface area contributed by atoms with Crippen LogP contribution in [-0.2, 0) is 8.45 Å². The summed E-state index contributed by atoms with van der Waals surface area (Å²) in [6, 6.07) is 8.12. The van der Waals surface area contributed by atoms with Crippen LogP contribution in [0.5, 0.6) is 0 Å². The third-order valence-corrected chi connectivity index (χ3v) is 2.64. The van der Waals surface area contributed by atoms with Gasteiger partial charge in [-0.3, -0.25) is 0 Å². The minimum absolute atomic E-state index is 0.316. The van der Waals surface area contributed by atoms with Crippen LogP contribution in [-0.4, -0.2) is 6.21 Å². The van der Waals surface area contributed by atoms with E-state index in [1.165, 1.54) is 5.56 Å². The Kier molecular flexibility index (Phi) is 1.83. The number of hydrogen-bond donors (Lipinski definition) is 0. The zero-order valence-corrected chi connectivity index (χ0v) is 8.78. The fraction of sp³-hybridized carbons (Fsp3) is 0.222. The van der Waals surface area contributed by atoms with Gasteiger partial charge in [0, 0.05) is 11.1 Å². The first-order valence-electron chi connectivity index (χ1n) is 3.70. The van der Waals surface area contributed by atoms with Crippen molar-refractivity contribution in [3.05, 3.63) is 35.4 Å². The Balaban J connectivity index is 2.60. The Labute approximate surface area is 84.7 Å². The molecular formula is C9H8INO. The lowest BCUT2D eigenvalue weighted by Crippen LogP contribution is -2.20. The molecular weight excluding hydrogens is 265 g/mol. The number of halogens is 1. The molecule has 2 nitrogen and oxygen atoms in total. The molecule has 0 saturated carbocycles. The van der Waals surface area contributed by atoms with E-state index in [9.17, 15) is 0 Å². The van der Waals surface area contributed by atoms with Crippen molar-refractivity contribution in [1.29, 1.82) is 0 Å². The highest BCUT2D eigenvalue weighted by atomic mass is 127. The zero-order chi connectivity index (χ0) is 8.60. The van der Waals surface area contributed by atoms with Crippen LogP contribution in [0.1, 0.15) is 18.1 Å². The van der Waals surface area contributed by atoms with Crippen molar-refractivity contribution in [1.82, 2.24) is 0 Å². The fourth-order valence-electron chi connectivity index (χ4n) is 1.25. The highest BCUT2D eigenvalue weighted by Crippen LogP contribution is 2.36. The molecule has 1 aromatic carbocycles. The Bertz CT molecular complexity index is 333. The molecule has 0 saturated heterocycles. The molecule has 0 fully saturated rings. The van der Waals surface area contributed by atoms with Gasteiger partial charge in [-0.1, -0.05) is 29.4 Å². The van der Waals surface area contributed by atoms with Crippen molar-refractivity contribution < 1.29 is 4.84 Å². The smallest absolute Gasteiger partial charge is 0.210 e. The quantitative estimate of drug-likeness (QED) is 0.526. The number of oxime groups is 1. The maximum Gasteiger partial charge on any atom is 0.210 e. The van der Waals surface area contributed by atoms with Crippen LogP contribution in [0.2, 0.25) is 0 Å². The number of nitrogens with zero attached hydrogens (tertiary/aromatic N) is 1. The molecule has 1 aliphatic rings. The van der Waals surface area contributed by atoms with Crippen LogP contribution < -0.4 is 0 Å². The van der Waals surface area contributed by atoms with Gasteiger partial charge in [-0.05, 0) is 29.5 Å². The van der Waals surface area contributed by atoms with Gasteiger partial charge in [-0.25, -0.2) is 0 Å². The Morgan fingerprint density at radius 1 is 1.42 bits per heavy atom. The molecule has 12 heavy (non-hydrogen) atoms. The van der Waals surface area contributed by atoms with E-state index in [-0.39, 0.29) is 3.61 Å². The monoisotopic (exact) mass is 273 g/mol. The van der Waals surface area contributed by atoms with E-state index >= 15 is 0 Å². The predicted molar refractivity (Wildman–Crippen MR) is 56.5 cm³/mol. The maximum absolute atomic E-state index is 5.25. The topological polar surface area (TPSA) is 21.6 Å². The fourth-order valence-corrected chi connectivity index (χ4v) is 1.85. The number of alkyl halides is 1. The summed E-state index contributed by atoms with van der Waals surface area (Å²) in [5, 5.41) is 3.84. The van der Waals surface area contributed by atoms with Crippen molar-refractivity contribution in [3.63, 3.8) is 0 Å². The number of benzene rings is 1. The Morgan fingerprint density at radius 2 is 2.17 bits per heavy atom. The summed E-state index contributed by atoms with van der Waals surface area (Å²) in [6.07, 6.45) is 1.75. The largest absolute Gasteiger partial charge is 0.374 e. The van der Waals surface area contributed by atoms with Gasteiger partial charge in [0.1, 0.15) is 0 Å². The van der Waals surface area contributed by atoms with Crippen LogP contribution in [0.3, 0.4) is 0 Å². The molecule has 0 bridgehead atoms. The molecule has 1 aromatic rings. The van der Waals surface area contributed by atoms with Gasteiger partial charge >= 0.3 is 0 Å². The first kappa shape index (κ1) is 8.04. The molecule has 0 radical (unpaired) electrons. The van der Waals surface area contributed by atoms with Crippen molar-refractivity contribution in [2.75, 3.05) is 0 Å². The SMILES string of the molecule is CC1(I)ON=Cc2ccccc21. The Hall–Kier alpha value is -0.580. The summed E-state index contributed by atoms with van der Waals surface area (Å²) in [5.74, 6) is 0. The van der Waals surface area contributed by atoms with E-state index < -0.39 is 0 Å². The van der Waals surface area contributed by atoms with Crippen molar-refractivity contribution in [2.45, 2.75) is 10.5 Å². The first-order chi connectivity index (χ1) is 5.70. The number of fused-ring (bicyclic) bond motifs is 1. The second-order valence-corrected chi connectivity index (χ2v) is 4.89. The first-order valence-corrected chi connectivity index (χ1v) is 4.78. The third-order valence-electron chi connectivity index (χ3n) is 1.86. The van der Waals surface area contributed by atoms with Gasteiger partial charge in [0.25, 0.3) is 0 Å². The van der Waals surface area contributed by atoms with E-state index in [1.54, 1.807) is 6.21 Å². The normalized spacial score (nSPS) is 26.2. The summed E-state index contributed by atoms with van der Waals surface area (Å²) in [6.45, 7) is 2.00. The zero-order valence-electron chi connectivity index (χ0n) is 6.62. The minimum atomic E-state index is -0.316. The van der Waals surface area contributed by atoms with Crippen molar-refractivity contribution >= 4 is 28.8 Å². The van der Waals surface area contributed by atoms with E-state index in [1.807, 2.05) is 25.1 Å². The highest BCUT2D eigenvalue weighted by Gasteiger charge is 2.29. The molecule has 1 heterocycles. The summed E-state index contributed by atoms with van der Waals surface area (Å²) >= 11 is 2.25. The lowest BCUT2D eigenvalue weighted by molar-refractivity contribution is 0.0538. The van der Waals surface area contributed by atoms with Crippen LogP contribution in [0, 0.1) is 0 Å². The lowest BCUT2D eigenvalue weighted by atomic mass is 10.0. The molecule has 0 aliphatic carbocycles. The van der Waals surface area contributed by atoms with Gasteiger partial charge in [0.15, 0.2) is 0 Å². The molecule has 0 aromatic heterocycles. The summed E-state index contributed by atoms with van der Waals surface area (Å²) < 4.78 is -0.316. The molecule has 0 amide bonds. The molecule has 2 rings (SSSR count). The van der Waals surface area contributed by atoms with Gasteiger partial charge < -0.3 is 4.84 Å². The molecule has 0 N–H and O–H groups in total. The van der Waals surface area contributed by atoms with Crippen LogP contribution in [0.25, 0.3) is 0 Å². The molecule has 1 aliphatic heterocycles. The lowest BCUT2D eigenvalue weighted by Gasteiger charge is -2.25. The molecule has 3 heteroatoms. The Morgan fingerprint density at radius 3 is 2.92 bits per heavy atom. The van der Waals surface area contributed by atoms with E-state index in [4.69, 9.17) is 4.84 Å². The van der Waals surface area contributed by atoms with Gasteiger partial charge in [-0.2, -0.15) is 0 Å². The second-order valence-electron chi connectivity index (χ2n) is 2.83. The molecule has 62 valence electrons. The molecule has 1 atom stereocenters. The van der Waals surface area contributed by atoms with Crippen molar-refractivity contribution in [2.24, 2.45) is 5.16 Å². The van der Waals surface area contributed by atoms with Crippen LogP contribution in [0.15, 0.2) is 29.4 Å². The minimum Gasteiger partial charge on any atom is -0.374 e. The average molecular weight is 273 g/mol. The maximum atomic E-state index is 5.25. The van der Waals surface area contributed by atoms with Gasteiger partial charge in [0.05, 0.1) is 6.21 Å². The molecule has 0 spiro atoms. The predicted octanol–water partition coefficient (Wildman–Crippen LogP) is 2.66. The third kappa shape index (κ3) is 1.22. The van der Waals surface area contributed by atoms with Crippen LogP contribution >= 0.6 is 22.6 Å². The summed E-state index contributed by atoms with van der Waals surface area (Å²) in [4.78, 5) is 5.25. The van der Waals surface area contributed by atoms with E-state index in [0.29, 0.717) is 0 Å². The highest BCUT2D eigenvalue weighted by molar-refractivity contribution is 14.1. The van der Waals surface area contributed by atoms with Gasteiger partial charge in [-0.15, -0.1) is 0 Å². The van der Waals surface area contributed by atoms with Crippen molar-refractivity contribution in [3.8, 4) is 0 Å². The summed E-state index contributed by atoms with van der Waals surface area (Å²) in [5.41, 5.74) is 2.32. The average Bonchev–Trinajstić information content (AvgIpc) is 2.04. The standard InChI is InChI=1S/C9H8INO/c1-9(10)8-5-3-2-4-7(8)6-11-12-9/h2-6H,1H3. The molecule has 1 unspecified atom stereocenters. The second kappa shape index (κ2) is 2.73. The van der Waals surface area contributed by atoms with Crippen LogP contribution in [0.4, 0.5) is 0 Å². The van der Waals surface area contributed by atoms with E-state index in [2.05, 4.69) is 33.8 Å². The number of rotatable bonds is 0. The van der Waals surface area contributed by atoms with E-state index in [0.717, 1.165) is 5.56 Å². The van der Waals surface area contributed by atoms with Gasteiger partial charge in [0.2, 0.25) is 3.61 Å².